The van der Waals surface area contributed by atoms with Crippen molar-refractivity contribution in [2.24, 2.45) is 5.73 Å². The van der Waals surface area contributed by atoms with Crippen molar-refractivity contribution in [3.63, 3.8) is 0 Å². The Balaban J connectivity index is 0.00000225. The highest BCUT2D eigenvalue weighted by atomic mass is 35.5. The quantitative estimate of drug-likeness (QED) is 0.853. The van der Waals surface area contributed by atoms with E-state index in [-0.39, 0.29) is 29.8 Å². The third-order valence-electron chi connectivity index (χ3n) is 4.90. The van der Waals surface area contributed by atoms with Crippen molar-refractivity contribution < 1.29 is 4.79 Å². The lowest BCUT2D eigenvalue weighted by atomic mass is 9.68. The second-order valence-corrected chi connectivity index (χ2v) is 6.77. The van der Waals surface area contributed by atoms with Crippen molar-refractivity contribution in [1.82, 2.24) is 15.3 Å². The minimum absolute atomic E-state index is 0. The Morgan fingerprint density at radius 1 is 1.32 bits per heavy atom. The van der Waals surface area contributed by atoms with E-state index >= 15 is 0 Å². The van der Waals surface area contributed by atoms with Crippen LogP contribution in [0.4, 0.5) is 0 Å². The van der Waals surface area contributed by atoms with E-state index in [9.17, 15) is 4.79 Å². The smallest absolute Gasteiger partial charge is 0.271 e. The molecule has 1 aromatic carbocycles. The SMILES string of the molecule is Cl.NC[C@]1(c2cccc(Cl)c2)CC[C@@H](NC(=O)c2cnccn2)CC1. The van der Waals surface area contributed by atoms with Gasteiger partial charge in [-0.25, -0.2) is 4.98 Å². The molecule has 1 aliphatic rings. The molecule has 1 saturated carbocycles. The van der Waals surface area contributed by atoms with Gasteiger partial charge in [0.15, 0.2) is 0 Å². The number of nitrogens with one attached hydrogen (secondary N) is 1. The molecule has 3 N–H and O–H groups in total. The Morgan fingerprint density at radius 2 is 2.08 bits per heavy atom. The van der Waals surface area contributed by atoms with E-state index in [4.69, 9.17) is 17.3 Å². The fourth-order valence-corrected chi connectivity index (χ4v) is 3.61. The van der Waals surface area contributed by atoms with Gasteiger partial charge in [-0.3, -0.25) is 9.78 Å². The molecule has 0 saturated heterocycles. The molecule has 0 unspecified atom stereocenters. The second-order valence-electron chi connectivity index (χ2n) is 6.33. The van der Waals surface area contributed by atoms with Gasteiger partial charge >= 0.3 is 0 Å². The first kappa shape index (κ1) is 19.6. The van der Waals surface area contributed by atoms with E-state index in [1.165, 1.54) is 18.0 Å². The number of aromatic nitrogens is 2. The van der Waals surface area contributed by atoms with Gasteiger partial charge in [0.05, 0.1) is 6.20 Å². The second kappa shape index (κ2) is 8.61. The molecule has 1 aromatic heterocycles. The third kappa shape index (κ3) is 4.48. The number of benzene rings is 1. The van der Waals surface area contributed by atoms with E-state index in [0.717, 1.165) is 30.7 Å². The predicted molar refractivity (Wildman–Crippen MR) is 101 cm³/mol. The molecule has 1 fully saturated rings. The van der Waals surface area contributed by atoms with E-state index in [2.05, 4.69) is 21.4 Å². The summed E-state index contributed by atoms with van der Waals surface area (Å²) in [5.74, 6) is -0.170. The van der Waals surface area contributed by atoms with E-state index in [1.54, 1.807) is 6.20 Å². The summed E-state index contributed by atoms with van der Waals surface area (Å²) in [7, 11) is 0. The monoisotopic (exact) mass is 380 g/mol. The summed E-state index contributed by atoms with van der Waals surface area (Å²) in [5, 5.41) is 3.79. The molecule has 0 spiro atoms. The van der Waals surface area contributed by atoms with E-state index in [1.807, 2.05) is 18.2 Å². The lowest BCUT2D eigenvalue weighted by molar-refractivity contribution is 0.0912. The first-order valence-corrected chi connectivity index (χ1v) is 8.54. The number of hydrogen-bond donors (Lipinski definition) is 2. The van der Waals surface area contributed by atoms with Crippen LogP contribution in [0, 0.1) is 0 Å². The summed E-state index contributed by atoms with van der Waals surface area (Å²) in [4.78, 5) is 20.2. The molecule has 1 amide bonds. The van der Waals surface area contributed by atoms with Gasteiger partial charge in [0.2, 0.25) is 0 Å². The Labute approximate surface area is 158 Å². The maximum Gasteiger partial charge on any atom is 0.271 e. The van der Waals surface area contributed by atoms with Gasteiger partial charge < -0.3 is 11.1 Å². The number of hydrogen-bond acceptors (Lipinski definition) is 4. The molecule has 3 rings (SSSR count). The summed E-state index contributed by atoms with van der Waals surface area (Å²) < 4.78 is 0. The maximum atomic E-state index is 12.2. The highest BCUT2D eigenvalue weighted by Crippen LogP contribution is 2.39. The van der Waals surface area contributed by atoms with Crippen LogP contribution in [0.2, 0.25) is 5.02 Å². The predicted octanol–water partition coefficient (Wildman–Crippen LogP) is 3.12. The van der Waals surface area contributed by atoms with Gasteiger partial charge in [-0.1, -0.05) is 23.7 Å². The molecule has 25 heavy (non-hydrogen) atoms. The number of amides is 1. The van der Waals surface area contributed by atoms with Crippen LogP contribution >= 0.6 is 24.0 Å². The van der Waals surface area contributed by atoms with Crippen LogP contribution in [0.15, 0.2) is 42.9 Å². The van der Waals surface area contributed by atoms with Gasteiger partial charge in [-0.2, -0.15) is 0 Å². The van der Waals surface area contributed by atoms with Crippen LogP contribution < -0.4 is 11.1 Å². The first-order chi connectivity index (χ1) is 11.6. The molecule has 0 radical (unpaired) electrons. The van der Waals surface area contributed by atoms with Gasteiger partial charge in [-0.05, 0) is 43.4 Å². The summed E-state index contributed by atoms with van der Waals surface area (Å²) >= 11 is 6.14. The summed E-state index contributed by atoms with van der Waals surface area (Å²) in [6, 6.07) is 8.08. The first-order valence-electron chi connectivity index (χ1n) is 8.16. The average Bonchev–Trinajstić information content (AvgIpc) is 2.63. The topological polar surface area (TPSA) is 80.9 Å². The average molecular weight is 381 g/mol. The molecule has 1 heterocycles. The lowest BCUT2D eigenvalue weighted by Crippen LogP contribution is -2.45. The highest BCUT2D eigenvalue weighted by Gasteiger charge is 2.36. The molecule has 5 nitrogen and oxygen atoms in total. The molecular weight excluding hydrogens is 359 g/mol. The number of nitrogens with two attached hydrogens (primary N) is 1. The fraction of sp³-hybridized carbons (Fsp3) is 0.389. The standard InChI is InChI=1S/C18H21ClN4O.ClH/c19-14-3-1-2-13(10-14)18(12-20)6-4-15(5-7-18)23-17(24)16-11-21-8-9-22-16;/h1-3,8-11,15H,4-7,12,20H2,(H,23,24);1H/t15-,18+;. The molecule has 0 bridgehead atoms. The summed E-state index contributed by atoms with van der Waals surface area (Å²) in [5.41, 5.74) is 7.59. The Bertz CT molecular complexity index is 703. The Kier molecular flexibility index (Phi) is 6.76. The zero-order chi connectivity index (χ0) is 17.0. The van der Waals surface area contributed by atoms with Gasteiger partial charge in [0, 0.05) is 35.4 Å². The van der Waals surface area contributed by atoms with Crippen LogP contribution in [0.5, 0.6) is 0 Å². The van der Waals surface area contributed by atoms with Crippen LogP contribution in [-0.4, -0.2) is 28.5 Å². The number of halogens is 2. The number of carbonyl (C=O) groups excluding carboxylic acids is 1. The third-order valence-corrected chi connectivity index (χ3v) is 5.14. The zero-order valence-electron chi connectivity index (χ0n) is 13.8. The van der Waals surface area contributed by atoms with Gasteiger partial charge in [0.1, 0.15) is 5.69 Å². The van der Waals surface area contributed by atoms with Gasteiger partial charge in [-0.15, -0.1) is 12.4 Å². The van der Waals surface area contributed by atoms with Crippen LogP contribution in [0.3, 0.4) is 0 Å². The maximum absolute atomic E-state index is 12.2. The molecule has 1 aliphatic carbocycles. The molecule has 0 aliphatic heterocycles. The normalized spacial score (nSPS) is 22.7. The Hall–Kier alpha value is -1.69. The fourth-order valence-electron chi connectivity index (χ4n) is 3.42. The van der Waals surface area contributed by atoms with Crippen molar-refractivity contribution in [2.75, 3.05) is 6.54 Å². The van der Waals surface area contributed by atoms with Crippen molar-refractivity contribution in [1.29, 1.82) is 0 Å². The minimum atomic E-state index is -0.170. The molecular formula is C18H22Cl2N4O. The van der Waals surface area contributed by atoms with Crippen LogP contribution in [-0.2, 0) is 5.41 Å². The number of carbonyl (C=O) groups is 1. The van der Waals surface area contributed by atoms with Crippen LogP contribution in [0.25, 0.3) is 0 Å². The number of rotatable bonds is 4. The summed E-state index contributed by atoms with van der Waals surface area (Å²) in [6.07, 6.45) is 8.18. The molecule has 2 aromatic rings. The van der Waals surface area contributed by atoms with E-state index in [0.29, 0.717) is 12.2 Å². The lowest BCUT2D eigenvalue weighted by Gasteiger charge is -2.40. The molecule has 0 atom stereocenters. The Morgan fingerprint density at radius 3 is 2.68 bits per heavy atom. The van der Waals surface area contributed by atoms with Crippen molar-refractivity contribution in [3.05, 3.63) is 59.1 Å². The van der Waals surface area contributed by atoms with Crippen LogP contribution in [0.1, 0.15) is 41.7 Å². The molecule has 7 heteroatoms. The van der Waals surface area contributed by atoms with Crippen molar-refractivity contribution in [2.45, 2.75) is 37.1 Å². The number of nitrogens with zero attached hydrogens (tertiary/aromatic N) is 2. The minimum Gasteiger partial charge on any atom is -0.348 e. The summed E-state index contributed by atoms with van der Waals surface area (Å²) in [6.45, 7) is 0.582. The zero-order valence-corrected chi connectivity index (χ0v) is 15.4. The van der Waals surface area contributed by atoms with Crippen molar-refractivity contribution >= 4 is 29.9 Å². The van der Waals surface area contributed by atoms with E-state index < -0.39 is 0 Å². The highest BCUT2D eigenvalue weighted by molar-refractivity contribution is 6.30. The van der Waals surface area contributed by atoms with Gasteiger partial charge in [0.25, 0.3) is 5.91 Å². The van der Waals surface area contributed by atoms with Crippen molar-refractivity contribution in [3.8, 4) is 0 Å². The largest absolute Gasteiger partial charge is 0.348 e. The molecule has 134 valence electrons.